The maximum Gasteiger partial charge on any atom is 0.0992 e. The lowest BCUT2D eigenvalue weighted by Crippen LogP contribution is -1.97. The summed E-state index contributed by atoms with van der Waals surface area (Å²) in [5.41, 5.74) is 8.98. The summed E-state index contributed by atoms with van der Waals surface area (Å²) in [7, 11) is 0. The minimum absolute atomic E-state index is 0.480. The lowest BCUT2D eigenvalue weighted by atomic mass is 9.99. The second-order valence-corrected chi connectivity index (χ2v) is 8.44. The van der Waals surface area contributed by atoms with Crippen LogP contribution in [0.5, 0.6) is 0 Å². The molecule has 0 radical (unpaired) electrons. The third-order valence-electron chi connectivity index (χ3n) is 6.73. The van der Waals surface area contributed by atoms with Gasteiger partial charge < -0.3 is 4.57 Å². The molecule has 0 saturated heterocycles. The van der Waals surface area contributed by atoms with Crippen molar-refractivity contribution in [2.75, 3.05) is 0 Å². The Morgan fingerprint density at radius 3 is 1.94 bits per heavy atom. The van der Waals surface area contributed by atoms with Crippen molar-refractivity contribution in [3.63, 3.8) is 0 Å². The number of nitrogens with zero attached hydrogens (tertiary/aromatic N) is 3. The molecule has 1 aliphatic rings. The van der Waals surface area contributed by atoms with Crippen LogP contribution in [0.1, 0.15) is 11.1 Å². The zero-order valence-corrected chi connectivity index (χ0v) is 17.5. The van der Waals surface area contributed by atoms with Gasteiger partial charge in [-0.1, -0.05) is 60.7 Å². The van der Waals surface area contributed by atoms with E-state index in [9.17, 15) is 10.5 Å². The Morgan fingerprint density at radius 2 is 1.18 bits per heavy atom. The fraction of sp³-hybridized carbons (Fsp3) is 0. The van der Waals surface area contributed by atoms with Gasteiger partial charge in [-0.25, -0.2) is 0 Å². The average molecular weight is 417 g/mol. The Labute approximate surface area is 190 Å². The lowest BCUT2D eigenvalue weighted by Gasteiger charge is -2.12. The van der Waals surface area contributed by atoms with E-state index in [0.717, 1.165) is 22.1 Å². The molecule has 33 heavy (non-hydrogen) atoms. The lowest BCUT2D eigenvalue weighted by molar-refractivity contribution is 1.18. The molecule has 0 spiro atoms. The summed E-state index contributed by atoms with van der Waals surface area (Å²) < 4.78 is 2.21. The van der Waals surface area contributed by atoms with E-state index in [4.69, 9.17) is 0 Å². The smallest absolute Gasteiger partial charge is 0.0992 e. The van der Waals surface area contributed by atoms with Crippen molar-refractivity contribution in [1.82, 2.24) is 4.57 Å². The molecule has 0 unspecified atom stereocenters. The summed E-state index contributed by atoms with van der Waals surface area (Å²) in [5.74, 6) is 0. The number of para-hydroxylation sites is 1. The first-order valence-electron chi connectivity index (χ1n) is 10.8. The van der Waals surface area contributed by atoms with Crippen LogP contribution in [-0.4, -0.2) is 4.57 Å². The molecule has 1 aromatic heterocycles. The van der Waals surface area contributed by atoms with E-state index in [1.165, 1.54) is 38.4 Å². The molecule has 3 heteroatoms. The largest absolute Gasteiger partial charge is 0.309 e. The summed E-state index contributed by atoms with van der Waals surface area (Å²) in [4.78, 5) is 0. The number of fused-ring (bicyclic) bond motifs is 7. The Morgan fingerprint density at radius 1 is 0.545 bits per heavy atom. The highest BCUT2D eigenvalue weighted by molar-refractivity contribution is 6.27. The number of aromatic nitrogens is 1. The predicted octanol–water partition coefficient (Wildman–Crippen LogP) is 7.33. The summed E-state index contributed by atoms with van der Waals surface area (Å²) in [5, 5.41) is 23.9. The highest BCUT2D eigenvalue weighted by atomic mass is 15.0. The molecular formula is C30H15N3. The van der Waals surface area contributed by atoms with E-state index in [1.807, 2.05) is 18.2 Å². The topological polar surface area (TPSA) is 52.5 Å². The molecule has 7 rings (SSSR count). The van der Waals surface area contributed by atoms with Crippen molar-refractivity contribution < 1.29 is 0 Å². The standard InChI is InChI=1S/C30H15N3/c31-16-18-12-19(17-32)14-20(13-18)33-28-11-4-3-8-23(28)27-15-26-22-7-2-1-6-21(22)24-9-5-10-25(29(24)26)30(27)33/h1-15H. The predicted molar refractivity (Wildman–Crippen MR) is 132 cm³/mol. The zero-order valence-electron chi connectivity index (χ0n) is 17.5. The second kappa shape index (κ2) is 6.33. The molecule has 0 fully saturated rings. The van der Waals surface area contributed by atoms with Crippen LogP contribution in [0.15, 0.2) is 91.0 Å². The number of hydrogen-bond donors (Lipinski definition) is 0. The van der Waals surface area contributed by atoms with E-state index in [0.29, 0.717) is 11.1 Å². The summed E-state index contributed by atoms with van der Waals surface area (Å²) >= 11 is 0. The first-order chi connectivity index (χ1) is 16.3. The maximum absolute atomic E-state index is 9.59. The van der Waals surface area contributed by atoms with Crippen LogP contribution in [-0.2, 0) is 0 Å². The van der Waals surface area contributed by atoms with E-state index in [1.54, 1.807) is 6.07 Å². The van der Waals surface area contributed by atoms with Crippen LogP contribution < -0.4 is 0 Å². The molecule has 1 heterocycles. The van der Waals surface area contributed by atoms with Crippen molar-refractivity contribution in [3.8, 4) is 40.1 Å². The number of benzene rings is 5. The van der Waals surface area contributed by atoms with Crippen molar-refractivity contribution in [2.24, 2.45) is 0 Å². The van der Waals surface area contributed by atoms with Gasteiger partial charge in [-0.15, -0.1) is 0 Å². The third-order valence-corrected chi connectivity index (χ3v) is 6.73. The minimum Gasteiger partial charge on any atom is -0.309 e. The quantitative estimate of drug-likeness (QED) is 0.281. The van der Waals surface area contributed by atoms with Crippen LogP contribution >= 0.6 is 0 Å². The molecular weight excluding hydrogens is 402 g/mol. The van der Waals surface area contributed by atoms with E-state index < -0.39 is 0 Å². The molecule has 3 nitrogen and oxygen atoms in total. The Bertz CT molecular complexity index is 1860. The normalized spacial score (nSPS) is 11.6. The van der Waals surface area contributed by atoms with Crippen molar-refractivity contribution in [2.45, 2.75) is 0 Å². The molecule has 0 N–H and O–H groups in total. The van der Waals surface area contributed by atoms with Gasteiger partial charge in [-0.05, 0) is 58.0 Å². The van der Waals surface area contributed by atoms with Crippen LogP contribution in [0.25, 0.3) is 60.5 Å². The molecule has 0 amide bonds. The fourth-order valence-electron chi connectivity index (χ4n) is 5.46. The third kappa shape index (κ3) is 2.26. The molecule has 150 valence electrons. The van der Waals surface area contributed by atoms with Crippen molar-refractivity contribution in [3.05, 3.63) is 102 Å². The van der Waals surface area contributed by atoms with E-state index >= 15 is 0 Å². The average Bonchev–Trinajstić information content (AvgIpc) is 3.38. The summed E-state index contributed by atoms with van der Waals surface area (Å²) in [6, 6.07) is 35.5. The van der Waals surface area contributed by atoms with Gasteiger partial charge in [0.1, 0.15) is 0 Å². The van der Waals surface area contributed by atoms with E-state index in [2.05, 4.69) is 83.4 Å². The molecule has 5 aromatic carbocycles. The van der Waals surface area contributed by atoms with Crippen molar-refractivity contribution >= 4 is 32.6 Å². The Balaban J connectivity index is 1.73. The molecule has 0 saturated carbocycles. The van der Waals surface area contributed by atoms with Gasteiger partial charge in [0.05, 0.1) is 34.3 Å². The molecule has 0 atom stereocenters. The summed E-state index contributed by atoms with van der Waals surface area (Å²) in [6.07, 6.45) is 0. The van der Waals surface area contributed by atoms with E-state index in [-0.39, 0.29) is 0 Å². The fourth-order valence-corrected chi connectivity index (χ4v) is 5.46. The van der Waals surface area contributed by atoms with Gasteiger partial charge in [-0.3, -0.25) is 0 Å². The second-order valence-electron chi connectivity index (χ2n) is 8.44. The van der Waals surface area contributed by atoms with Crippen LogP contribution in [0.4, 0.5) is 0 Å². The van der Waals surface area contributed by atoms with Gasteiger partial charge in [-0.2, -0.15) is 10.5 Å². The molecule has 1 aliphatic carbocycles. The van der Waals surface area contributed by atoms with Crippen molar-refractivity contribution in [1.29, 1.82) is 10.5 Å². The van der Waals surface area contributed by atoms with Gasteiger partial charge >= 0.3 is 0 Å². The minimum atomic E-state index is 0.480. The molecule has 0 bridgehead atoms. The Kier molecular flexibility index (Phi) is 3.41. The van der Waals surface area contributed by atoms with Gasteiger partial charge in [0.2, 0.25) is 0 Å². The van der Waals surface area contributed by atoms with Crippen LogP contribution in [0.2, 0.25) is 0 Å². The Hall–Kier alpha value is -4.86. The van der Waals surface area contributed by atoms with Gasteiger partial charge in [0, 0.05) is 21.8 Å². The monoisotopic (exact) mass is 417 g/mol. The SMILES string of the molecule is N#Cc1cc(C#N)cc(-n2c3ccccc3c3cc4c5c(cccc5c32)-c2ccccc2-4)c1. The first-order valence-corrected chi connectivity index (χ1v) is 10.8. The number of hydrogen-bond acceptors (Lipinski definition) is 2. The maximum atomic E-state index is 9.59. The van der Waals surface area contributed by atoms with Crippen LogP contribution in [0, 0.1) is 22.7 Å². The zero-order chi connectivity index (χ0) is 22.1. The summed E-state index contributed by atoms with van der Waals surface area (Å²) in [6.45, 7) is 0. The first kappa shape index (κ1) is 17.8. The highest BCUT2D eigenvalue weighted by Crippen LogP contribution is 2.50. The van der Waals surface area contributed by atoms with Gasteiger partial charge in [0.15, 0.2) is 0 Å². The number of rotatable bonds is 1. The highest BCUT2D eigenvalue weighted by Gasteiger charge is 2.25. The molecule has 0 aliphatic heterocycles. The van der Waals surface area contributed by atoms with Crippen LogP contribution in [0.3, 0.4) is 0 Å². The number of nitriles is 2. The molecule has 6 aromatic rings. The van der Waals surface area contributed by atoms with Gasteiger partial charge in [0.25, 0.3) is 0 Å².